The summed E-state index contributed by atoms with van der Waals surface area (Å²) in [6.45, 7) is 0. The van der Waals surface area contributed by atoms with Crippen LogP contribution in [0.25, 0.3) is 11.0 Å². The standard InChI is InChI=1S/C14H13NO6/c16-12(17)6-5-10(14(19)20)15-13(18)9-7-21-11-4-2-1-3-8(9)11/h1-4,7,10H,5-6H2,(H,15,18)(H,16,17)(H,19,20). The maximum atomic E-state index is 12.1. The Kier molecular flexibility index (Phi) is 4.22. The van der Waals surface area contributed by atoms with Crippen LogP contribution in [-0.4, -0.2) is 34.1 Å². The second kappa shape index (κ2) is 6.08. The van der Waals surface area contributed by atoms with Crippen LogP contribution < -0.4 is 5.32 Å². The second-order valence-corrected chi connectivity index (χ2v) is 4.44. The van der Waals surface area contributed by atoms with Crippen molar-refractivity contribution < 1.29 is 29.0 Å². The van der Waals surface area contributed by atoms with Crippen LogP contribution in [0.15, 0.2) is 34.9 Å². The van der Waals surface area contributed by atoms with E-state index in [1.165, 1.54) is 6.26 Å². The molecule has 0 fully saturated rings. The lowest BCUT2D eigenvalue weighted by atomic mass is 10.1. The van der Waals surface area contributed by atoms with Gasteiger partial charge < -0.3 is 19.9 Å². The van der Waals surface area contributed by atoms with Crippen molar-refractivity contribution >= 4 is 28.8 Å². The smallest absolute Gasteiger partial charge is 0.326 e. The maximum Gasteiger partial charge on any atom is 0.326 e. The first-order chi connectivity index (χ1) is 9.99. The van der Waals surface area contributed by atoms with Crippen molar-refractivity contribution in [1.29, 1.82) is 0 Å². The van der Waals surface area contributed by atoms with E-state index < -0.39 is 23.9 Å². The summed E-state index contributed by atoms with van der Waals surface area (Å²) in [5.74, 6) is -3.01. The maximum absolute atomic E-state index is 12.1. The van der Waals surface area contributed by atoms with Crippen molar-refractivity contribution in [2.24, 2.45) is 0 Å². The normalized spacial score (nSPS) is 12.0. The number of carbonyl (C=O) groups is 3. The van der Waals surface area contributed by atoms with Gasteiger partial charge in [0, 0.05) is 11.8 Å². The average molecular weight is 291 g/mol. The van der Waals surface area contributed by atoms with E-state index in [1.807, 2.05) is 0 Å². The lowest BCUT2D eigenvalue weighted by molar-refractivity contribution is -0.140. The number of carbonyl (C=O) groups excluding carboxylic acids is 1. The molecule has 21 heavy (non-hydrogen) atoms. The summed E-state index contributed by atoms with van der Waals surface area (Å²) in [5.41, 5.74) is 0.729. The molecule has 0 aliphatic heterocycles. The SMILES string of the molecule is O=C(O)CCC(NC(=O)c1coc2ccccc12)C(=O)O. The first-order valence-electron chi connectivity index (χ1n) is 6.20. The van der Waals surface area contributed by atoms with E-state index in [1.54, 1.807) is 24.3 Å². The minimum Gasteiger partial charge on any atom is -0.481 e. The highest BCUT2D eigenvalue weighted by atomic mass is 16.4. The fourth-order valence-electron chi connectivity index (χ4n) is 1.91. The van der Waals surface area contributed by atoms with Crippen LogP contribution in [0.5, 0.6) is 0 Å². The van der Waals surface area contributed by atoms with Crippen molar-refractivity contribution in [3.63, 3.8) is 0 Å². The number of rotatable bonds is 6. The molecule has 1 heterocycles. The Morgan fingerprint density at radius 2 is 1.90 bits per heavy atom. The van der Waals surface area contributed by atoms with Crippen LogP contribution in [0.1, 0.15) is 23.2 Å². The van der Waals surface area contributed by atoms with Crippen molar-refractivity contribution in [2.45, 2.75) is 18.9 Å². The van der Waals surface area contributed by atoms with Crippen LogP contribution in [0, 0.1) is 0 Å². The summed E-state index contributed by atoms with van der Waals surface area (Å²) in [5, 5.41) is 20.5. The van der Waals surface area contributed by atoms with E-state index in [2.05, 4.69) is 5.32 Å². The Labute approximate surface area is 119 Å². The molecule has 7 nitrogen and oxygen atoms in total. The molecule has 110 valence electrons. The fourth-order valence-corrected chi connectivity index (χ4v) is 1.91. The summed E-state index contributed by atoms with van der Waals surface area (Å²) < 4.78 is 5.21. The fraction of sp³-hybridized carbons (Fsp3) is 0.214. The lowest BCUT2D eigenvalue weighted by Crippen LogP contribution is -2.41. The number of benzene rings is 1. The van der Waals surface area contributed by atoms with E-state index >= 15 is 0 Å². The van der Waals surface area contributed by atoms with Gasteiger partial charge in [0.05, 0.1) is 5.56 Å². The molecule has 3 N–H and O–H groups in total. The van der Waals surface area contributed by atoms with Crippen molar-refractivity contribution in [1.82, 2.24) is 5.32 Å². The zero-order valence-electron chi connectivity index (χ0n) is 10.9. The van der Waals surface area contributed by atoms with Crippen molar-refractivity contribution in [3.8, 4) is 0 Å². The summed E-state index contributed by atoms with van der Waals surface area (Å²) >= 11 is 0. The Hall–Kier alpha value is -2.83. The lowest BCUT2D eigenvalue weighted by Gasteiger charge is -2.12. The number of hydrogen-bond acceptors (Lipinski definition) is 4. The topological polar surface area (TPSA) is 117 Å². The quantitative estimate of drug-likeness (QED) is 0.742. The number of para-hydroxylation sites is 1. The number of carboxylic acids is 2. The molecule has 1 aromatic carbocycles. The molecule has 2 rings (SSSR count). The highest BCUT2D eigenvalue weighted by Crippen LogP contribution is 2.20. The molecule has 1 unspecified atom stereocenters. The molecule has 1 atom stereocenters. The number of fused-ring (bicyclic) bond motifs is 1. The van der Waals surface area contributed by atoms with Gasteiger partial charge >= 0.3 is 11.9 Å². The third-order valence-electron chi connectivity index (χ3n) is 2.98. The zero-order valence-corrected chi connectivity index (χ0v) is 10.9. The van der Waals surface area contributed by atoms with Gasteiger partial charge in [0.15, 0.2) is 0 Å². The van der Waals surface area contributed by atoms with Gasteiger partial charge in [-0.25, -0.2) is 4.79 Å². The summed E-state index contributed by atoms with van der Waals surface area (Å²) in [4.78, 5) is 33.6. The minimum absolute atomic E-state index is 0.188. The monoisotopic (exact) mass is 291 g/mol. The molecule has 7 heteroatoms. The predicted molar refractivity (Wildman–Crippen MR) is 72.0 cm³/mol. The molecule has 1 amide bonds. The van der Waals surface area contributed by atoms with Crippen molar-refractivity contribution in [2.75, 3.05) is 0 Å². The molecule has 1 aromatic heterocycles. The average Bonchev–Trinajstić information content (AvgIpc) is 2.86. The number of furan rings is 1. The number of nitrogens with one attached hydrogen (secondary N) is 1. The molecule has 2 aromatic rings. The highest BCUT2D eigenvalue weighted by molar-refractivity contribution is 6.06. The Bertz CT molecular complexity index is 690. The van der Waals surface area contributed by atoms with Gasteiger partial charge in [-0.15, -0.1) is 0 Å². The van der Waals surface area contributed by atoms with Gasteiger partial charge in [-0.2, -0.15) is 0 Å². The number of aliphatic carboxylic acids is 2. The molecule has 0 bridgehead atoms. The van der Waals surface area contributed by atoms with Gasteiger partial charge in [-0.05, 0) is 12.5 Å². The van der Waals surface area contributed by atoms with Crippen LogP contribution in [0.4, 0.5) is 0 Å². The van der Waals surface area contributed by atoms with Crippen LogP contribution in [0.2, 0.25) is 0 Å². The molecule has 0 radical (unpaired) electrons. The molecule has 0 saturated heterocycles. The number of amides is 1. The number of hydrogen-bond donors (Lipinski definition) is 3. The molecule has 0 saturated carbocycles. The Morgan fingerprint density at radius 1 is 1.19 bits per heavy atom. The largest absolute Gasteiger partial charge is 0.481 e. The highest BCUT2D eigenvalue weighted by Gasteiger charge is 2.23. The predicted octanol–water partition coefficient (Wildman–Crippen LogP) is 1.48. The van der Waals surface area contributed by atoms with E-state index in [-0.39, 0.29) is 18.4 Å². The Morgan fingerprint density at radius 3 is 2.57 bits per heavy atom. The van der Waals surface area contributed by atoms with Gasteiger partial charge in [0.1, 0.15) is 17.9 Å². The first-order valence-corrected chi connectivity index (χ1v) is 6.20. The Balaban J connectivity index is 2.15. The van der Waals surface area contributed by atoms with Crippen LogP contribution >= 0.6 is 0 Å². The molecular weight excluding hydrogens is 278 g/mol. The second-order valence-electron chi connectivity index (χ2n) is 4.44. The van der Waals surface area contributed by atoms with E-state index in [4.69, 9.17) is 14.6 Å². The summed E-state index contributed by atoms with van der Waals surface area (Å²) in [6, 6.07) is 5.59. The van der Waals surface area contributed by atoms with Crippen LogP contribution in [-0.2, 0) is 9.59 Å². The number of carboxylic acid groups (broad SMARTS) is 2. The third-order valence-corrected chi connectivity index (χ3v) is 2.98. The molecule has 0 aliphatic rings. The van der Waals surface area contributed by atoms with E-state index in [9.17, 15) is 14.4 Å². The first kappa shape index (κ1) is 14.6. The zero-order chi connectivity index (χ0) is 15.4. The van der Waals surface area contributed by atoms with E-state index in [0.717, 1.165) is 0 Å². The molecule has 0 aliphatic carbocycles. The summed E-state index contributed by atoms with van der Waals surface area (Å²) in [6.07, 6.45) is 0.714. The third kappa shape index (κ3) is 3.38. The van der Waals surface area contributed by atoms with Gasteiger partial charge in [0.2, 0.25) is 0 Å². The van der Waals surface area contributed by atoms with Crippen molar-refractivity contribution in [3.05, 3.63) is 36.1 Å². The minimum atomic E-state index is -1.28. The van der Waals surface area contributed by atoms with E-state index in [0.29, 0.717) is 11.0 Å². The molecular formula is C14H13NO6. The summed E-state index contributed by atoms with van der Waals surface area (Å²) in [7, 11) is 0. The van der Waals surface area contributed by atoms with Crippen LogP contribution in [0.3, 0.4) is 0 Å². The van der Waals surface area contributed by atoms with Gasteiger partial charge in [-0.1, -0.05) is 18.2 Å². The molecule has 0 spiro atoms. The van der Waals surface area contributed by atoms with Gasteiger partial charge in [0.25, 0.3) is 5.91 Å². The van der Waals surface area contributed by atoms with Gasteiger partial charge in [-0.3, -0.25) is 9.59 Å².